The second kappa shape index (κ2) is 5.61. The average molecular weight is 279 g/mol. The number of halogens is 1. The summed E-state index contributed by atoms with van der Waals surface area (Å²) in [6, 6.07) is -0.692. The lowest BCUT2D eigenvalue weighted by molar-refractivity contribution is -0.00607. The Kier molecular flexibility index (Phi) is 4.63. The maximum absolute atomic E-state index is 11.5. The van der Waals surface area contributed by atoms with Gasteiger partial charge in [-0.1, -0.05) is 0 Å². The fraction of sp³-hybridized carbons (Fsp3) is 0.667. The lowest BCUT2D eigenvalue weighted by Crippen LogP contribution is -2.36. The molecule has 1 fully saturated rings. The molecule has 1 aromatic rings. The molecule has 1 aliphatic rings. The van der Waals surface area contributed by atoms with E-state index in [4.69, 9.17) is 10.8 Å². The Balaban J connectivity index is 0.00000162. The first-order valence-electron chi connectivity index (χ1n) is 5.23. The number of aliphatic hydroxyl groups is 3. The van der Waals surface area contributed by atoms with Crippen LogP contribution in [0.25, 0.3) is 0 Å². The molecule has 1 heterocycles. The first-order chi connectivity index (χ1) is 8.04. The third kappa shape index (κ3) is 2.46. The summed E-state index contributed by atoms with van der Waals surface area (Å²) in [5, 5.41) is 32.2. The van der Waals surface area contributed by atoms with Crippen molar-refractivity contribution >= 4 is 18.2 Å². The second-order valence-corrected chi connectivity index (χ2v) is 4.14. The molecule has 0 radical (unpaired) electrons. The highest BCUT2D eigenvalue weighted by atomic mass is 35.5. The van der Waals surface area contributed by atoms with Crippen LogP contribution in [0.2, 0.25) is 0 Å². The van der Waals surface area contributed by atoms with Crippen LogP contribution in [-0.2, 0) is 0 Å². The normalized spacial score (nSPS) is 31.1. The van der Waals surface area contributed by atoms with Crippen LogP contribution in [0.5, 0.6) is 0 Å². The average Bonchev–Trinajstić information content (AvgIpc) is 2.57. The van der Waals surface area contributed by atoms with Gasteiger partial charge in [0.2, 0.25) is 0 Å². The van der Waals surface area contributed by atoms with Crippen molar-refractivity contribution in [3.05, 3.63) is 16.7 Å². The Morgan fingerprint density at radius 1 is 1.44 bits per heavy atom. The minimum atomic E-state index is -1.15. The van der Waals surface area contributed by atoms with E-state index in [9.17, 15) is 15.0 Å². The molecular formula is C9H15ClN4O4. The number of hydrogen-bond donors (Lipinski definition) is 4. The molecule has 0 spiro atoms. The van der Waals surface area contributed by atoms with Crippen LogP contribution >= 0.6 is 12.4 Å². The van der Waals surface area contributed by atoms with Crippen molar-refractivity contribution in [2.75, 3.05) is 12.3 Å². The smallest absolute Gasteiger partial charge is 0.366 e. The summed E-state index contributed by atoms with van der Waals surface area (Å²) in [6.45, 7) is -0.258. The van der Waals surface area contributed by atoms with E-state index in [1.807, 2.05) is 0 Å². The number of nitrogen functional groups attached to an aromatic ring is 1. The largest absolute Gasteiger partial charge is 0.396 e. The highest BCUT2D eigenvalue weighted by Crippen LogP contribution is 2.33. The fourth-order valence-corrected chi connectivity index (χ4v) is 2.11. The van der Waals surface area contributed by atoms with E-state index in [-0.39, 0.29) is 31.3 Å². The standard InChI is InChI=1S/C9H14N4O4.ClH/c10-6-2-11-13(9(17)12-6)5-1-4(3-14)7(15)8(5)16;/h2,4-5,7-8,14-16H,1,3H2,(H2,10,12,17);1H/t4-,5-,7-,8+;/m1./s1. The van der Waals surface area contributed by atoms with E-state index >= 15 is 0 Å². The highest BCUT2D eigenvalue weighted by molar-refractivity contribution is 5.85. The molecule has 2 rings (SSSR count). The fourth-order valence-electron chi connectivity index (χ4n) is 2.11. The number of hydrogen-bond acceptors (Lipinski definition) is 7. The van der Waals surface area contributed by atoms with Crippen molar-refractivity contribution in [2.45, 2.75) is 24.7 Å². The quantitative estimate of drug-likeness (QED) is 0.487. The molecule has 0 aromatic carbocycles. The van der Waals surface area contributed by atoms with E-state index < -0.39 is 29.9 Å². The molecule has 1 aliphatic carbocycles. The summed E-state index contributed by atoms with van der Waals surface area (Å²) < 4.78 is 0.986. The van der Waals surface area contributed by atoms with Gasteiger partial charge in [0.25, 0.3) is 0 Å². The number of nitrogens with two attached hydrogens (primary N) is 1. The monoisotopic (exact) mass is 278 g/mol. The van der Waals surface area contributed by atoms with Gasteiger partial charge in [0.15, 0.2) is 0 Å². The van der Waals surface area contributed by atoms with E-state index in [1.54, 1.807) is 0 Å². The maximum atomic E-state index is 11.5. The zero-order valence-corrected chi connectivity index (χ0v) is 10.2. The van der Waals surface area contributed by atoms with Crippen molar-refractivity contribution in [3.63, 3.8) is 0 Å². The molecule has 0 bridgehead atoms. The van der Waals surface area contributed by atoms with Crippen molar-refractivity contribution in [2.24, 2.45) is 5.92 Å². The first kappa shape index (κ1) is 14.8. The number of nitrogens with zero attached hydrogens (tertiary/aromatic N) is 3. The molecule has 0 amide bonds. The summed E-state index contributed by atoms with van der Waals surface area (Å²) in [4.78, 5) is 15.0. The number of aromatic nitrogens is 3. The van der Waals surface area contributed by atoms with Gasteiger partial charge in [0.05, 0.1) is 18.3 Å². The van der Waals surface area contributed by atoms with Crippen LogP contribution in [0.1, 0.15) is 12.5 Å². The van der Waals surface area contributed by atoms with Crippen LogP contribution in [-0.4, -0.2) is 48.9 Å². The molecule has 0 unspecified atom stereocenters. The molecule has 0 saturated heterocycles. The van der Waals surface area contributed by atoms with Crippen molar-refractivity contribution in [1.29, 1.82) is 0 Å². The summed E-state index contributed by atoms with van der Waals surface area (Å²) in [5.41, 5.74) is 4.62. The molecule has 8 nitrogen and oxygen atoms in total. The van der Waals surface area contributed by atoms with Crippen LogP contribution in [0, 0.1) is 5.92 Å². The molecule has 1 saturated carbocycles. The molecule has 5 N–H and O–H groups in total. The van der Waals surface area contributed by atoms with Gasteiger partial charge in [-0.2, -0.15) is 10.1 Å². The minimum Gasteiger partial charge on any atom is -0.396 e. The summed E-state index contributed by atoms with van der Waals surface area (Å²) >= 11 is 0. The highest BCUT2D eigenvalue weighted by Gasteiger charge is 2.43. The topological polar surface area (TPSA) is 134 Å². The Morgan fingerprint density at radius 2 is 2.11 bits per heavy atom. The lowest BCUT2D eigenvalue weighted by atomic mass is 10.1. The number of rotatable bonds is 2. The van der Waals surface area contributed by atoms with Crippen LogP contribution in [0.3, 0.4) is 0 Å². The maximum Gasteiger partial charge on any atom is 0.366 e. The third-order valence-corrected chi connectivity index (χ3v) is 3.06. The van der Waals surface area contributed by atoms with Crippen molar-refractivity contribution < 1.29 is 15.3 Å². The molecule has 102 valence electrons. The van der Waals surface area contributed by atoms with Crippen molar-refractivity contribution in [3.8, 4) is 0 Å². The molecule has 4 atom stereocenters. The van der Waals surface area contributed by atoms with Crippen LogP contribution in [0.4, 0.5) is 5.82 Å². The predicted octanol–water partition coefficient (Wildman–Crippen LogP) is -2.08. The van der Waals surface area contributed by atoms with E-state index in [0.717, 1.165) is 4.68 Å². The third-order valence-electron chi connectivity index (χ3n) is 3.06. The van der Waals surface area contributed by atoms with E-state index in [1.165, 1.54) is 6.20 Å². The Hall–Kier alpha value is -1.22. The van der Waals surface area contributed by atoms with Gasteiger partial charge in [-0.15, -0.1) is 12.4 Å². The first-order valence-corrected chi connectivity index (χ1v) is 5.23. The van der Waals surface area contributed by atoms with Crippen molar-refractivity contribution in [1.82, 2.24) is 14.8 Å². The second-order valence-electron chi connectivity index (χ2n) is 4.14. The molecule has 18 heavy (non-hydrogen) atoms. The Labute approximate surface area is 108 Å². The van der Waals surface area contributed by atoms with Gasteiger partial charge in [-0.3, -0.25) is 0 Å². The van der Waals surface area contributed by atoms with E-state index in [0.29, 0.717) is 0 Å². The minimum absolute atomic E-state index is 0. The summed E-state index contributed by atoms with van der Waals surface area (Å²) in [5.74, 6) is -0.473. The van der Waals surface area contributed by atoms with Gasteiger partial charge in [-0.25, -0.2) is 9.48 Å². The zero-order valence-electron chi connectivity index (χ0n) is 9.38. The molecule has 1 aromatic heterocycles. The number of anilines is 1. The summed E-state index contributed by atoms with van der Waals surface area (Å²) in [7, 11) is 0. The zero-order chi connectivity index (χ0) is 12.6. The predicted molar refractivity (Wildman–Crippen MR) is 64.2 cm³/mol. The summed E-state index contributed by atoms with van der Waals surface area (Å²) in [6.07, 6.45) is -0.761. The van der Waals surface area contributed by atoms with Gasteiger partial charge >= 0.3 is 5.69 Å². The van der Waals surface area contributed by atoms with Crippen LogP contribution in [0.15, 0.2) is 11.0 Å². The van der Waals surface area contributed by atoms with Crippen LogP contribution < -0.4 is 11.4 Å². The Bertz CT molecular complexity index is 468. The Morgan fingerprint density at radius 3 is 2.61 bits per heavy atom. The SMILES string of the molecule is Cl.Nc1cnn([C@@H]2C[C@H](CO)[C@@H](O)[C@H]2O)c(=O)n1. The lowest BCUT2D eigenvalue weighted by Gasteiger charge is -2.17. The van der Waals surface area contributed by atoms with Gasteiger partial charge in [-0.05, 0) is 6.42 Å². The van der Waals surface area contributed by atoms with Gasteiger partial charge in [0, 0.05) is 12.5 Å². The molecule has 9 heteroatoms. The van der Waals surface area contributed by atoms with Gasteiger partial charge in [0.1, 0.15) is 11.9 Å². The molecular weight excluding hydrogens is 264 g/mol. The number of aliphatic hydroxyl groups excluding tert-OH is 3. The van der Waals surface area contributed by atoms with Gasteiger partial charge < -0.3 is 21.1 Å². The molecule has 0 aliphatic heterocycles. The van der Waals surface area contributed by atoms with E-state index in [2.05, 4.69) is 10.1 Å².